The second-order valence-corrected chi connectivity index (χ2v) is 5.47. The van der Waals surface area contributed by atoms with Gasteiger partial charge >= 0.3 is 0 Å². The highest BCUT2D eigenvalue weighted by molar-refractivity contribution is 7.36. The van der Waals surface area contributed by atoms with Gasteiger partial charge in [0, 0.05) is 10.9 Å². The third kappa shape index (κ3) is 1.73. The van der Waals surface area contributed by atoms with Gasteiger partial charge < -0.3 is 0 Å². The molecule has 4 heteroatoms. The lowest BCUT2D eigenvalue weighted by molar-refractivity contribution is 0.554. The number of hydrogen-bond acceptors (Lipinski definition) is 0. The van der Waals surface area contributed by atoms with Crippen LogP contribution in [-0.4, -0.2) is 0 Å². The minimum absolute atomic E-state index is 0.0774. The molecule has 1 aliphatic carbocycles. The summed E-state index contributed by atoms with van der Waals surface area (Å²) in [4.78, 5) is 0. The van der Waals surface area contributed by atoms with Gasteiger partial charge in [-0.15, -0.1) is 18.5 Å². The van der Waals surface area contributed by atoms with E-state index in [4.69, 9.17) is 0 Å². The summed E-state index contributed by atoms with van der Waals surface area (Å²) < 4.78 is 27.8. The Labute approximate surface area is 93.2 Å². The van der Waals surface area contributed by atoms with Crippen LogP contribution in [0.15, 0.2) is 0 Å². The van der Waals surface area contributed by atoms with E-state index in [-0.39, 0.29) is 23.1 Å². The average molecular weight is 246 g/mol. The van der Waals surface area contributed by atoms with Gasteiger partial charge in [-0.3, -0.25) is 0 Å². The van der Waals surface area contributed by atoms with Crippen molar-refractivity contribution in [3.8, 4) is 0 Å². The van der Waals surface area contributed by atoms with E-state index in [1.165, 1.54) is 0 Å². The number of halogens is 2. The lowest BCUT2D eigenvalue weighted by Gasteiger charge is -2.12. The number of rotatable bonds is 1. The Morgan fingerprint density at radius 3 is 2.13 bits per heavy atom. The zero-order chi connectivity index (χ0) is 11.3. The van der Waals surface area contributed by atoms with Crippen LogP contribution in [0.5, 0.6) is 0 Å². The van der Waals surface area contributed by atoms with Gasteiger partial charge in [0.15, 0.2) is 0 Å². The van der Waals surface area contributed by atoms with E-state index in [1.54, 1.807) is 6.92 Å². The van der Waals surface area contributed by atoms with Crippen molar-refractivity contribution in [3.05, 3.63) is 22.8 Å². The van der Waals surface area contributed by atoms with Crippen molar-refractivity contribution in [3.63, 3.8) is 0 Å². The Morgan fingerprint density at radius 1 is 1.13 bits per heavy atom. The first-order chi connectivity index (χ1) is 6.95. The summed E-state index contributed by atoms with van der Waals surface area (Å²) in [5.41, 5.74) is 0.830. The molecule has 2 rings (SSSR count). The van der Waals surface area contributed by atoms with E-state index in [0.29, 0.717) is 22.1 Å². The molecular weight excluding hydrogens is 232 g/mol. The predicted molar refractivity (Wildman–Crippen MR) is 66.3 cm³/mol. The van der Waals surface area contributed by atoms with Crippen molar-refractivity contribution in [2.45, 2.75) is 26.2 Å². The summed E-state index contributed by atoms with van der Waals surface area (Å²) in [7, 11) is 4.75. The number of benzene rings is 1. The van der Waals surface area contributed by atoms with E-state index < -0.39 is 0 Å². The van der Waals surface area contributed by atoms with Crippen molar-refractivity contribution >= 4 is 29.1 Å². The molecule has 1 aromatic rings. The monoisotopic (exact) mass is 246 g/mol. The Morgan fingerprint density at radius 2 is 1.67 bits per heavy atom. The van der Waals surface area contributed by atoms with Gasteiger partial charge in [0.1, 0.15) is 11.6 Å². The van der Waals surface area contributed by atoms with E-state index in [1.807, 2.05) is 6.92 Å². The largest absolute Gasteiger partial charge is 0.206 e. The van der Waals surface area contributed by atoms with Gasteiger partial charge in [-0.1, -0.05) is 6.92 Å². The molecule has 4 unspecified atom stereocenters. The van der Waals surface area contributed by atoms with Crippen LogP contribution in [0.3, 0.4) is 0 Å². The Kier molecular flexibility index (Phi) is 2.86. The summed E-state index contributed by atoms with van der Waals surface area (Å²) >= 11 is 0. The quantitative estimate of drug-likeness (QED) is 0.667. The molecule has 0 bridgehead atoms. The van der Waals surface area contributed by atoms with E-state index in [2.05, 4.69) is 18.5 Å². The minimum atomic E-state index is -0.387. The maximum atomic E-state index is 13.9. The van der Waals surface area contributed by atoms with Gasteiger partial charge in [-0.2, -0.15) is 0 Å². The number of hydrogen-bond donors (Lipinski definition) is 0. The molecule has 0 heterocycles. The van der Waals surface area contributed by atoms with Crippen LogP contribution in [0.4, 0.5) is 8.78 Å². The molecule has 1 aliphatic rings. The molecule has 1 saturated carbocycles. The van der Waals surface area contributed by atoms with Gasteiger partial charge in [0.05, 0.1) is 0 Å². The molecule has 0 spiro atoms. The highest BCUT2D eigenvalue weighted by Gasteiger charge is 2.39. The second-order valence-electron chi connectivity index (χ2n) is 4.31. The summed E-state index contributed by atoms with van der Waals surface area (Å²) in [6, 6.07) is 0. The van der Waals surface area contributed by atoms with Crippen molar-refractivity contribution in [2.75, 3.05) is 0 Å². The smallest absolute Gasteiger partial charge is 0.137 e. The third-order valence-electron chi connectivity index (χ3n) is 3.21. The topological polar surface area (TPSA) is 0 Å². The van der Waals surface area contributed by atoms with Crippen LogP contribution >= 0.6 is 18.5 Å². The normalized spacial score (nSPS) is 24.4. The van der Waals surface area contributed by atoms with Gasteiger partial charge in [-0.05, 0) is 36.0 Å². The fourth-order valence-electron chi connectivity index (χ4n) is 1.93. The first kappa shape index (κ1) is 11.4. The molecule has 0 radical (unpaired) electrons. The molecule has 0 N–H and O–H groups in total. The van der Waals surface area contributed by atoms with Crippen LogP contribution in [0.1, 0.15) is 30.4 Å². The molecule has 0 nitrogen and oxygen atoms in total. The van der Waals surface area contributed by atoms with Crippen LogP contribution in [-0.2, 0) is 0 Å². The fraction of sp³-hybridized carbons (Fsp3) is 0.455. The minimum Gasteiger partial charge on any atom is -0.206 e. The standard InChI is InChI=1S/C11H14F2P2/c1-4-3-6(4)7-8(12)5(2)10(14)11(15)9(7)13/h4,6H,3,14-15H2,1-2H3. The summed E-state index contributed by atoms with van der Waals surface area (Å²) in [5.74, 6) is -0.262. The van der Waals surface area contributed by atoms with Crippen molar-refractivity contribution in [1.29, 1.82) is 0 Å². The van der Waals surface area contributed by atoms with Crippen molar-refractivity contribution in [1.82, 2.24) is 0 Å². The Bertz CT molecular complexity index is 400. The van der Waals surface area contributed by atoms with E-state index >= 15 is 0 Å². The fourth-order valence-corrected chi connectivity index (χ4v) is 2.56. The molecule has 1 fully saturated rings. The molecule has 15 heavy (non-hydrogen) atoms. The molecule has 4 atom stereocenters. The molecule has 1 aromatic carbocycles. The molecule has 0 saturated heterocycles. The van der Waals surface area contributed by atoms with E-state index in [9.17, 15) is 8.78 Å². The van der Waals surface area contributed by atoms with Crippen molar-refractivity contribution < 1.29 is 8.78 Å². The average Bonchev–Trinajstić information content (AvgIpc) is 2.90. The van der Waals surface area contributed by atoms with Crippen LogP contribution in [0.25, 0.3) is 0 Å². The lowest BCUT2D eigenvalue weighted by atomic mass is 10.0. The molecule has 0 amide bonds. The first-order valence-corrected chi connectivity index (χ1v) is 6.13. The zero-order valence-electron chi connectivity index (χ0n) is 8.77. The van der Waals surface area contributed by atoms with Gasteiger partial charge in [0.25, 0.3) is 0 Å². The third-order valence-corrected chi connectivity index (χ3v) is 4.85. The van der Waals surface area contributed by atoms with Gasteiger partial charge in [-0.25, -0.2) is 8.78 Å². The molecule has 0 aliphatic heterocycles. The van der Waals surface area contributed by atoms with Crippen LogP contribution in [0, 0.1) is 24.5 Å². The maximum Gasteiger partial charge on any atom is 0.137 e. The summed E-state index contributed by atoms with van der Waals surface area (Å²) in [6.45, 7) is 3.72. The maximum absolute atomic E-state index is 13.9. The SMILES string of the molecule is Cc1c(F)c(C2CC2C)c(F)c(P)c1P. The Balaban J connectivity index is 2.64. The van der Waals surface area contributed by atoms with Crippen LogP contribution in [0.2, 0.25) is 0 Å². The Hall–Kier alpha value is -0.0600. The highest BCUT2D eigenvalue weighted by Crippen LogP contribution is 2.48. The van der Waals surface area contributed by atoms with Crippen molar-refractivity contribution in [2.24, 2.45) is 5.92 Å². The summed E-state index contributed by atoms with van der Waals surface area (Å²) in [6.07, 6.45) is 0.896. The second kappa shape index (κ2) is 3.75. The van der Waals surface area contributed by atoms with Crippen LogP contribution < -0.4 is 10.6 Å². The molecule has 0 aromatic heterocycles. The highest BCUT2D eigenvalue weighted by atomic mass is 31.0. The van der Waals surface area contributed by atoms with Gasteiger partial charge in [0.2, 0.25) is 0 Å². The molecular formula is C11H14F2P2. The predicted octanol–water partition coefficient (Wildman–Crippen LogP) is 2.40. The lowest BCUT2D eigenvalue weighted by Crippen LogP contribution is -2.23. The molecule has 82 valence electrons. The zero-order valence-corrected chi connectivity index (χ0v) is 11.1. The first-order valence-electron chi connectivity index (χ1n) is 4.97. The summed E-state index contributed by atoms with van der Waals surface area (Å²) in [5, 5.41) is 1.10. The van der Waals surface area contributed by atoms with E-state index in [0.717, 1.165) is 6.42 Å².